The predicted octanol–water partition coefficient (Wildman–Crippen LogP) is -0.505. The normalized spacial score (nSPS) is 10.7. The molecule has 0 aliphatic heterocycles. The maximum Gasteiger partial charge on any atom is 2.00 e. The maximum absolute atomic E-state index is 4.26. The molecule has 0 atom stereocenters. The Labute approximate surface area is 230 Å². The van der Waals surface area contributed by atoms with Crippen LogP contribution >= 0.6 is 0 Å². The van der Waals surface area contributed by atoms with Crippen molar-refractivity contribution in [3.05, 3.63) is 111 Å². The minimum absolute atomic E-state index is 0. The Hall–Kier alpha value is -3.04. The molecule has 0 N–H and O–H groups in total. The van der Waals surface area contributed by atoms with Gasteiger partial charge in [-0.15, -0.1) is 0 Å². The van der Waals surface area contributed by atoms with Gasteiger partial charge in [0.2, 0.25) is 0 Å². The van der Waals surface area contributed by atoms with E-state index >= 15 is 0 Å². The van der Waals surface area contributed by atoms with Crippen molar-refractivity contribution < 1.29 is 0 Å². The third kappa shape index (κ3) is 5.31. The van der Waals surface area contributed by atoms with Gasteiger partial charge in [0, 0.05) is 37.2 Å². The molecule has 0 aliphatic carbocycles. The molecular formula is C18H20B2BaN12. The van der Waals surface area contributed by atoms with E-state index < -0.39 is 14.2 Å². The van der Waals surface area contributed by atoms with E-state index in [1.165, 1.54) is 0 Å². The Morgan fingerprint density at radius 3 is 0.636 bits per heavy atom. The predicted molar refractivity (Wildman–Crippen MR) is 126 cm³/mol. The van der Waals surface area contributed by atoms with Crippen molar-refractivity contribution in [2.24, 2.45) is 0 Å². The molecule has 6 aromatic rings. The van der Waals surface area contributed by atoms with Gasteiger partial charge in [-0.1, -0.05) is 0 Å². The Morgan fingerprint density at radius 2 is 0.515 bits per heavy atom. The summed E-state index contributed by atoms with van der Waals surface area (Å²) in [6.45, 7) is 0. The van der Waals surface area contributed by atoms with Gasteiger partial charge in [-0.3, -0.25) is 0 Å². The first kappa shape index (κ1) is 23.1. The number of nitrogens with zero attached hydrogens (tertiary/aromatic N) is 12. The van der Waals surface area contributed by atoms with Crippen molar-refractivity contribution in [3.63, 3.8) is 0 Å². The van der Waals surface area contributed by atoms with E-state index in [4.69, 9.17) is 0 Å². The average Bonchev–Trinajstić information content (AvgIpc) is 3.67. The third-order valence-corrected chi connectivity index (χ3v) is 5.09. The quantitative estimate of drug-likeness (QED) is 0.253. The van der Waals surface area contributed by atoms with Gasteiger partial charge in [-0.2, -0.15) is 0 Å². The number of rotatable bonds is 6. The van der Waals surface area contributed by atoms with Crippen LogP contribution in [0.25, 0.3) is 0 Å². The molecule has 0 bridgehead atoms. The molecule has 33 heavy (non-hydrogen) atoms. The molecule has 6 heterocycles. The Bertz CT molecular complexity index is 1000. The second kappa shape index (κ2) is 11.2. The van der Waals surface area contributed by atoms with E-state index in [2.05, 4.69) is 30.6 Å². The van der Waals surface area contributed by atoms with Gasteiger partial charge in [0.1, 0.15) is 0 Å². The van der Waals surface area contributed by atoms with E-state index in [9.17, 15) is 0 Å². The van der Waals surface area contributed by atoms with Gasteiger partial charge < -0.3 is 27.6 Å². The van der Waals surface area contributed by atoms with Crippen LogP contribution in [0.4, 0.5) is 0 Å². The van der Waals surface area contributed by atoms with Gasteiger partial charge in [0.25, 0.3) is 0 Å². The van der Waals surface area contributed by atoms with Crippen LogP contribution in [0.15, 0.2) is 111 Å². The largest absolute Gasteiger partial charge is 2.00 e. The number of hydrogen-bond acceptors (Lipinski definition) is 6. The summed E-state index contributed by atoms with van der Waals surface area (Å²) in [6.07, 6.45) is 22.1. The summed E-state index contributed by atoms with van der Waals surface area (Å²) in [5, 5.41) is 25.6. The van der Waals surface area contributed by atoms with Crippen molar-refractivity contribution in [1.82, 2.24) is 58.1 Å². The van der Waals surface area contributed by atoms with E-state index in [1.54, 1.807) is 37.2 Å². The van der Waals surface area contributed by atoms with Gasteiger partial charge in [0.05, 0.1) is 0 Å². The van der Waals surface area contributed by atoms with Gasteiger partial charge in [-0.05, 0) is 73.6 Å². The summed E-state index contributed by atoms with van der Waals surface area (Å²) in [6, 6.07) is 11.4. The summed E-state index contributed by atoms with van der Waals surface area (Å²) in [7, 11) is -2.25. The molecule has 0 saturated heterocycles. The van der Waals surface area contributed by atoms with Crippen LogP contribution in [-0.4, -0.2) is 121 Å². The fourth-order valence-electron chi connectivity index (χ4n) is 3.70. The van der Waals surface area contributed by atoms with Crippen LogP contribution < -0.4 is 0 Å². The van der Waals surface area contributed by atoms with Crippen LogP contribution in [-0.2, 0) is 0 Å². The standard InChI is InChI=1S/2C9H10BN6.Ba/c2*1-4-11-14(7-1)10(15-8-2-5-12-15)16-9-3-6-13-16;/h2*1-10H;/q2*-1;+2. The molecule has 15 heteroatoms. The van der Waals surface area contributed by atoms with Crippen molar-refractivity contribution in [1.29, 1.82) is 0 Å². The molecule has 12 nitrogen and oxygen atoms in total. The average molecular weight is 563 g/mol. The second-order valence-electron chi connectivity index (χ2n) is 7.12. The summed E-state index contributed by atoms with van der Waals surface area (Å²) >= 11 is 0. The summed E-state index contributed by atoms with van der Waals surface area (Å²) in [4.78, 5) is 0. The molecule has 0 saturated carbocycles. The monoisotopic (exact) mass is 564 g/mol. The molecule has 0 aliphatic rings. The molecule has 160 valence electrons. The van der Waals surface area contributed by atoms with E-state index in [0.29, 0.717) is 0 Å². The van der Waals surface area contributed by atoms with Gasteiger partial charge in [0.15, 0.2) is 0 Å². The second-order valence-corrected chi connectivity index (χ2v) is 7.12. The minimum Gasteiger partial charge on any atom is -0.403 e. The Balaban J connectivity index is 0.000000152. The van der Waals surface area contributed by atoms with Crippen LogP contribution in [0.5, 0.6) is 0 Å². The SMILES string of the molecule is [Ba+2].c1cnn([BH-](n2cccn2)n2cccn2)c1.c1cnn([BH-](n2cccn2)n2cccn2)c1. The maximum atomic E-state index is 4.26. The fraction of sp³-hybridized carbons (Fsp3) is 0. The van der Waals surface area contributed by atoms with E-state index in [0.717, 1.165) is 0 Å². The molecular weight excluding hydrogens is 543 g/mol. The van der Waals surface area contributed by atoms with E-state index in [1.807, 2.05) is 101 Å². The molecule has 0 spiro atoms. The van der Waals surface area contributed by atoms with Crippen molar-refractivity contribution >= 4 is 63.1 Å². The fourth-order valence-corrected chi connectivity index (χ4v) is 3.70. The van der Waals surface area contributed by atoms with E-state index in [-0.39, 0.29) is 48.9 Å². The van der Waals surface area contributed by atoms with Crippen LogP contribution in [0.2, 0.25) is 0 Å². The number of hydrogen-bond donors (Lipinski definition) is 0. The first-order valence-corrected chi connectivity index (χ1v) is 10.2. The van der Waals surface area contributed by atoms with Crippen LogP contribution in [0.1, 0.15) is 0 Å². The first-order valence-electron chi connectivity index (χ1n) is 10.2. The molecule has 0 amide bonds. The zero-order valence-electron chi connectivity index (χ0n) is 17.9. The number of aromatic nitrogens is 12. The first-order chi connectivity index (χ1) is 15.9. The molecule has 6 aromatic heterocycles. The molecule has 0 aromatic carbocycles. The minimum atomic E-state index is -1.12. The van der Waals surface area contributed by atoms with Gasteiger partial charge >= 0.3 is 63.1 Å². The summed E-state index contributed by atoms with van der Waals surface area (Å²) < 4.78 is 11.2. The smallest absolute Gasteiger partial charge is 0.403 e. The topological polar surface area (TPSA) is 107 Å². The Morgan fingerprint density at radius 1 is 0.333 bits per heavy atom. The zero-order chi connectivity index (χ0) is 21.6. The molecule has 0 unspecified atom stereocenters. The van der Waals surface area contributed by atoms with Crippen molar-refractivity contribution in [2.75, 3.05) is 0 Å². The van der Waals surface area contributed by atoms with Crippen LogP contribution in [0.3, 0.4) is 0 Å². The third-order valence-electron chi connectivity index (χ3n) is 5.09. The Kier molecular flexibility index (Phi) is 7.85. The summed E-state index contributed by atoms with van der Waals surface area (Å²) in [5.41, 5.74) is 0. The molecule has 0 fully saturated rings. The van der Waals surface area contributed by atoms with Crippen molar-refractivity contribution in [3.8, 4) is 0 Å². The van der Waals surface area contributed by atoms with Crippen molar-refractivity contribution in [2.45, 2.75) is 0 Å². The van der Waals surface area contributed by atoms with Crippen LogP contribution in [0, 0.1) is 0 Å². The van der Waals surface area contributed by atoms with Gasteiger partial charge in [-0.25, -0.2) is 30.6 Å². The zero-order valence-corrected chi connectivity index (χ0v) is 22.3. The molecule has 0 radical (unpaired) electrons. The summed E-state index contributed by atoms with van der Waals surface area (Å²) in [5.74, 6) is 0. The molecule has 6 rings (SSSR count).